The standard InChI is InChI=1S/C12H17N3O3/c1-18-10-5-3-2-4-8(10)7-15-12(17)9(13)6-11(14)16/h2-5,9H,6-7,13H2,1H3,(H2,14,16)(H,15,17). The van der Waals surface area contributed by atoms with Crippen molar-refractivity contribution in [3.8, 4) is 5.75 Å². The molecule has 98 valence electrons. The zero-order valence-electron chi connectivity index (χ0n) is 10.2. The van der Waals surface area contributed by atoms with Gasteiger partial charge in [0.05, 0.1) is 19.6 Å². The molecule has 1 aromatic rings. The van der Waals surface area contributed by atoms with Crippen LogP contribution in [0, 0.1) is 0 Å². The van der Waals surface area contributed by atoms with Crippen molar-refractivity contribution in [3.63, 3.8) is 0 Å². The van der Waals surface area contributed by atoms with Crippen LogP contribution in [-0.2, 0) is 16.1 Å². The van der Waals surface area contributed by atoms with E-state index in [-0.39, 0.29) is 13.0 Å². The number of nitrogens with two attached hydrogens (primary N) is 2. The van der Waals surface area contributed by atoms with E-state index in [2.05, 4.69) is 5.32 Å². The van der Waals surface area contributed by atoms with Gasteiger partial charge < -0.3 is 21.5 Å². The zero-order chi connectivity index (χ0) is 13.5. The topological polar surface area (TPSA) is 107 Å². The Hall–Kier alpha value is -2.08. The molecule has 0 spiro atoms. The molecule has 1 aromatic carbocycles. The van der Waals surface area contributed by atoms with Gasteiger partial charge in [-0.15, -0.1) is 0 Å². The largest absolute Gasteiger partial charge is 0.496 e. The number of hydrogen-bond donors (Lipinski definition) is 3. The molecule has 0 bridgehead atoms. The summed E-state index contributed by atoms with van der Waals surface area (Å²) >= 11 is 0. The Kier molecular flexibility index (Phi) is 5.13. The summed E-state index contributed by atoms with van der Waals surface area (Å²) in [5.74, 6) is -0.337. The Bertz CT molecular complexity index is 434. The van der Waals surface area contributed by atoms with Gasteiger partial charge in [-0.05, 0) is 6.07 Å². The number of carbonyl (C=O) groups is 2. The lowest BCUT2D eigenvalue weighted by Gasteiger charge is -2.12. The first-order chi connectivity index (χ1) is 8.54. The summed E-state index contributed by atoms with van der Waals surface area (Å²) in [6, 6.07) is 6.39. The van der Waals surface area contributed by atoms with Crippen LogP contribution in [0.15, 0.2) is 24.3 Å². The van der Waals surface area contributed by atoms with Crippen molar-refractivity contribution in [3.05, 3.63) is 29.8 Å². The predicted molar refractivity (Wildman–Crippen MR) is 66.6 cm³/mol. The lowest BCUT2D eigenvalue weighted by atomic mass is 10.1. The molecule has 0 fully saturated rings. The van der Waals surface area contributed by atoms with Gasteiger partial charge in [0, 0.05) is 12.1 Å². The van der Waals surface area contributed by atoms with Crippen LogP contribution in [0.25, 0.3) is 0 Å². The van der Waals surface area contributed by atoms with Crippen LogP contribution in [0.4, 0.5) is 0 Å². The van der Waals surface area contributed by atoms with E-state index in [0.717, 1.165) is 5.56 Å². The van der Waals surface area contributed by atoms with Gasteiger partial charge in [-0.3, -0.25) is 9.59 Å². The van der Waals surface area contributed by atoms with Crippen molar-refractivity contribution in [2.24, 2.45) is 11.5 Å². The fraction of sp³-hybridized carbons (Fsp3) is 0.333. The minimum atomic E-state index is -0.919. The highest BCUT2D eigenvalue weighted by Crippen LogP contribution is 2.16. The van der Waals surface area contributed by atoms with Crippen LogP contribution in [-0.4, -0.2) is 25.0 Å². The highest BCUT2D eigenvalue weighted by molar-refractivity contribution is 5.87. The van der Waals surface area contributed by atoms with Crippen LogP contribution >= 0.6 is 0 Å². The Labute approximate surface area is 105 Å². The third-order valence-electron chi connectivity index (χ3n) is 2.40. The van der Waals surface area contributed by atoms with Gasteiger partial charge in [-0.1, -0.05) is 18.2 Å². The molecule has 6 nitrogen and oxygen atoms in total. The number of amides is 2. The molecule has 1 rings (SSSR count). The van der Waals surface area contributed by atoms with Gasteiger partial charge in [-0.25, -0.2) is 0 Å². The Balaban J connectivity index is 2.54. The van der Waals surface area contributed by atoms with Crippen LogP contribution < -0.4 is 21.5 Å². The van der Waals surface area contributed by atoms with Crippen molar-refractivity contribution in [2.45, 2.75) is 19.0 Å². The minimum absolute atomic E-state index is 0.169. The van der Waals surface area contributed by atoms with Crippen molar-refractivity contribution >= 4 is 11.8 Å². The number of carbonyl (C=O) groups excluding carboxylic acids is 2. The van der Waals surface area contributed by atoms with Crippen molar-refractivity contribution in [1.29, 1.82) is 0 Å². The fourth-order valence-electron chi connectivity index (χ4n) is 1.47. The summed E-state index contributed by atoms with van der Waals surface area (Å²) in [5.41, 5.74) is 11.3. The zero-order valence-corrected chi connectivity index (χ0v) is 10.2. The molecule has 0 aromatic heterocycles. The highest BCUT2D eigenvalue weighted by atomic mass is 16.5. The molecule has 1 unspecified atom stereocenters. The molecule has 0 aliphatic heterocycles. The van der Waals surface area contributed by atoms with Gasteiger partial charge in [0.1, 0.15) is 5.75 Å². The van der Waals surface area contributed by atoms with Crippen LogP contribution in [0.3, 0.4) is 0 Å². The quantitative estimate of drug-likeness (QED) is 0.634. The first-order valence-corrected chi connectivity index (χ1v) is 5.48. The number of hydrogen-bond acceptors (Lipinski definition) is 4. The Morgan fingerprint density at radius 1 is 1.39 bits per heavy atom. The van der Waals surface area contributed by atoms with E-state index in [1.807, 2.05) is 18.2 Å². The van der Waals surface area contributed by atoms with Crippen LogP contribution in [0.2, 0.25) is 0 Å². The maximum Gasteiger partial charge on any atom is 0.237 e. The Morgan fingerprint density at radius 2 is 2.06 bits per heavy atom. The summed E-state index contributed by atoms with van der Waals surface area (Å²) in [5, 5.41) is 2.63. The average molecular weight is 251 g/mol. The molecule has 5 N–H and O–H groups in total. The third kappa shape index (κ3) is 4.06. The molecule has 2 amide bonds. The smallest absolute Gasteiger partial charge is 0.237 e. The predicted octanol–water partition coefficient (Wildman–Crippen LogP) is -0.486. The summed E-state index contributed by atoms with van der Waals surface area (Å²) in [7, 11) is 1.56. The maximum absolute atomic E-state index is 11.6. The summed E-state index contributed by atoms with van der Waals surface area (Å²) in [4.78, 5) is 22.2. The van der Waals surface area contributed by atoms with Gasteiger partial charge >= 0.3 is 0 Å². The van der Waals surface area contributed by atoms with E-state index in [4.69, 9.17) is 16.2 Å². The average Bonchev–Trinajstić information content (AvgIpc) is 2.35. The van der Waals surface area contributed by atoms with Crippen LogP contribution in [0.1, 0.15) is 12.0 Å². The van der Waals surface area contributed by atoms with E-state index in [9.17, 15) is 9.59 Å². The molecule has 0 heterocycles. The number of ether oxygens (including phenoxy) is 1. The monoisotopic (exact) mass is 251 g/mol. The third-order valence-corrected chi connectivity index (χ3v) is 2.40. The molecule has 1 atom stereocenters. The summed E-state index contributed by atoms with van der Waals surface area (Å²) in [6.45, 7) is 0.287. The van der Waals surface area contributed by atoms with Crippen molar-refractivity contribution in [2.75, 3.05) is 7.11 Å². The van der Waals surface area contributed by atoms with Gasteiger partial charge in [0.15, 0.2) is 0 Å². The normalized spacial score (nSPS) is 11.7. The molecule has 0 radical (unpaired) electrons. The number of rotatable bonds is 6. The molecule has 18 heavy (non-hydrogen) atoms. The molecule has 0 aliphatic carbocycles. The van der Waals surface area contributed by atoms with Gasteiger partial charge in [0.2, 0.25) is 11.8 Å². The second kappa shape index (κ2) is 6.61. The lowest BCUT2D eigenvalue weighted by molar-refractivity contribution is -0.126. The number of methoxy groups -OCH3 is 1. The Morgan fingerprint density at radius 3 is 2.67 bits per heavy atom. The van der Waals surface area contributed by atoms with Gasteiger partial charge in [-0.2, -0.15) is 0 Å². The van der Waals surface area contributed by atoms with Crippen molar-refractivity contribution < 1.29 is 14.3 Å². The lowest BCUT2D eigenvalue weighted by Crippen LogP contribution is -2.42. The van der Waals surface area contributed by atoms with E-state index in [1.165, 1.54) is 0 Å². The molecule has 0 saturated carbocycles. The molecule has 0 aliphatic rings. The number of para-hydroxylation sites is 1. The first kappa shape index (κ1) is 14.0. The SMILES string of the molecule is COc1ccccc1CNC(=O)C(N)CC(N)=O. The highest BCUT2D eigenvalue weighted by Gasteiger charge is 2.15. The van der Waals surface area contributed by atoms with E-state index in [1.54, 1.807) is 13.2 Å². The first-order valence-electron chi connectivity index (χ1n) is 5.48. The molecule has 0 saturated heterocycles. The van der Waals surface area contributed by atoms with E-state index in [0.29, 0.717) is 5.75 Å². The van der Waals surface area contributed by atoms with E-state index >= 15 is 0 Å². The minimum Gasteiger partial charge on any atom is -0.496 e. The second-order valence-corrected chi connectivity index (χ2v) is 3.81. The number of benzene rings is 1. The molecular weight excluding hydrogens is 234 g/mol. The number of nitrogens with one attached hydrogen (secondary N) is 1. The summed E-state index contributed by atoms with van der Waals surface area (Å²) < 4.78 is 5.15. The maximum atomic E-state index is 11.6. The van der Waals surface area contributed by atoms with Gasteiger partial charge in [0.25, 0.3) is 0 Å². The van der Waals surface area contributed by atoms with Crippen LogP contribution in [0.5, 0.6) is 5.75 Å². The fourth-order valence-corrected chi connectivity index (χ4v) is 1.47. The molecular formula is C12H17N3O3. The van der Waals surface area contributed by atoms with E-state index < -0.39 is 17.9 Å². The molecule has 6 heteroatoms. The second-order valence-electron chi connectivity index (χ2n) is 3.81. The number of primary amides is 1. The summed E-state index contributed by atoms with van der Waals surface area (Å²) in [6.07, 6.45) is -0.169. The van der Waals surface area contributed by atoms with Crippen molar-refractivity contribution in [1.82, 2.24) is 5.32 Å².